The van der Waals surface area contributed by atoms with Gasteiger partial charge in [-0.2, -0.15) is 5.10 Å². The molecule has 3 aromatic rings. The van der Waals surface area contributed by atoms with Gasteiger partial charge in [-0.3, -0.25) is 10.1 Å². The molecule has 0 aliphatic heterocycles. The largest absolute Gasteiger partial charge is 0.385 e. The number of benzene rings is 2. The average molecular weight is 322 g/mol. The molecule has 24 heavy (non-hydrogen) atoms. The molecule has 2 aromatic carbocycles. The minimum Gasteiger partial charge on any atom is -0.385 e. The third-order valence-electron chi connectivity index (χ3n) is 3.84. The molecule has 0 saturated carbocycles. The van der Waals surface area contributed by atoms with Gasteiger partial charge < -0.3 is 5.32 Å². The summed E-state index contributed by atoms with van der Waals surface area (Å²) in [7, 11) is 0. The highest BCUT2D eigenvalue weighted by Crippen LogP contribution is 2.21. The monoisotopic (exact) mass is 322 g/mol. The zero-order chi connectivity index (χ0) is 16.9. The topological polar surface area (TPSA) is 73.0 Å². The van der Waals surface area contributed by atoms with Gasteiger partial charge in [-0.1, -0.05) is 12.1 Å². The Labute approximate surface area is 139 Å². The molecule has 0 aliphatic rings. The van der Waals surface area contributed by atoms with E-state index in [1.165, 1.54) is 11.6 Å². The summed E-state index contributed by atoms with van der Waals surface area (Å²) in [5.74, 6) is 0. The van der Waals surface area contributed by atoms with E-state index in [-0.39, 0.29) is 10.6 Å². The van der Waals surface area contributed by atoms with Crippen LogP contribution in [0.1, 0.15) is 11.1 Å². The van der Waals surface area contributed by atoms with Gasteiger partial charge >= 0.3 is 0 Å². The average Bonchev–Trinajstić information content (AvgIpc) is 3.10. The van der Waals surface area contributed by atoms with Gasteiger partial charge in [0.25, 0.3) is 5.69 Å². The highest BCUT2D eigenvalue weighted by Gasteiger charge is 2.09. The van der Waals surface area contributed by atoms with Crippen LogP contribution in [-0.4, -0.2) is 21.2 Å². The lowest BCUT2D eigenvalue weighted by atomic mass is 10.1. The van der Waals surface area contributed by atoms with Crippen LogP contribution in [0.4, 0.5) is 11.4 Å². The lowest BCUT2D eigenvalue weighted by molar-refractivity contribution is -0.385. The van der Waals surface area contributed by atoms with Crippen molar-refractivity contribution in [1.29, 1.82) is 0 Å². The molecule has 1 N–H and O–H groups in total. The predicted octanol–water partition coefficient (Wildman–Crippen LogP) is 3.74. The summed E-state index contributed by atoms with van der Waals surface area (Å²) in [6.45, 7) is 2.51. The van der Waals surface area contributed by atoms with Gasteiger partial charge in [0.1, 0.15) is 0 Å². The number of nitro groups is 1. The molecule has 0 atom stereocenters. The molecule has 0 amide bonds. The molecule has 6 heteroatoms. The van der Waals surface area contributed by atoms with Gasteiger partial charge in [0.2, 0.25) is 0 Å². The fraction of sp³-hybridized carbons (Fsp3) is 0.167. The summed E-state index contributed by atoms with van der Waals surface area (Å²) in [5, 5.41) is 18.3. The predicted molar refractivity (Wildman–Crippen MR) is 93.6 cm³/mol. The first-order valence-corrected chi connectivity index (χ1v) is 7.71. The summed E-state index contributed by atoms with van der Waals surface area (Å²) in [5.41, 5.74) is 3.95. The minimum absolute atomic E-state index is 0.148. The fourth-order valence-electron chi connectivity index (χ4n) is 2.56. The number of aryl methyl sites for hydroxylation is 1. The Morgan fingerprint density at radius 1 is 1.21 bits per heavy atom. The van der Waals surface area contributed by atoms with Gasteiger partial charge in [-0.15, -0.1) is 0 Å². The number of hydrogen-bond donors (Lipinski definition) is 1. The summed E-state index contributed by atoms with van der Waals surface area (Å²) >= 11 is 0. The minimum atomic E-state index is -0.361. The molecule has 122 valence electrons. The van der Waals surface area contributed by atoms with Crippen molar-refractivity contribution in [2.45, 2.75) is 13.3 Å². The van der Waals surface area contributed by atoms with Gasteiger partial charge in [0.15, 0.2) is 0 Å². The van der Waals surface area contributed by atoms with Gasteiger partial charge in [-0.05, 0) is 49.2 Å². The second-order valence-corrected chi connectivity index (χ2v) is 5.55. The number of rotatable bonds is 6. The SMILES string of the molecule is Cc1cc(NCCc2ccc(-n3cccn3)cc2)ccc1[N+](=O)[O-]. The molecule has 6 nitrogen and oxygen atoms in total. The van der Waals surface area contributed by atoms with Crippen LogP contribution in [0.3, 0.4) is 0 Å². The molecule has 0 fully saturated rings. The lowest BCUT2D eigenvalue weighted by Crippen LogP contribution is -2.05. The van der Waals surface area contributed by atoms with Crippen LogP contribution in [0.5, 0.6) is 0 Å². The first-order chi connectivity index (χ1) is 11.6. The molecule has 0 radical (unpaired) electrons. The van der Waals surface area contributed by atoms with Crippen LogP contribution >= 0.6 is 0 Å². The van der Waals surface area contributed by atoms with E-state index in [0.29, 0.717) is 5.56 Å². The maximum absolute atomic E-state index is 10.8. The van der Waals surface area contributed by atoms with Gasteiger partial charge in [0, 0.05) is 36.3 Å². The molecule has 0 unspecified atom stereocenters. The first-order valence-electron chi connectivity index (χ1n) is 7.71. The van der Waals surface area contributed by atoms with Crippen molar-refractivity contribution in [3.05, 3.63) is 82.2 Å². The molecular weight excluding hydrogens is 304 g/mol. The molecule has 0 bridgehead atoms. The van der Waals surface area contributed by atoms with E-state index >= 15 is 0 Å². The van der Waals surface area contributed by atoms with Gasteiger partial charge in [-0.25, -0.2) is 4.68 Å². The van der Waals surface area contributed by atoms with Gasteiger partial charge in [0.05, 0.1) is 10.6 Å². The fourth-order valence-corrected chi connectivity index (χ4v) is 2.56. The van der Waals surface area contributed by atoms with Crippen LogP contribution in [0.25, 0.3) is 5.69 Å². The molecule has 1 heterocycles. The van der Waals surface area contributed by atoms with Crippen LogP contribution in [0.2, 0.25) is 0 Å². The van der Waals surface area contributed by atoms with Crippen LogP contribution in [0, 0.1) is 17.0 Å². The highest BCUT2D eigenvalue weighted by molar-refractivity contribution is 5.53. The van der Waals surface area contributed by atoms with E-state index in [0.717, 1.165) is 24.3 Å². The molecule has 0 spiro atoms. The number of nitro benzene ring substituents is 1. The standard InChI is InChI=1S/C18H18N4O2/c1-14-13-16(5-8-18(14)22(23)24)19-11-9-15-3-6-17(7-4-15)21-12-2-10-20-21/h2-8,10,12-13,19H,9,11H2,1H3. The first kappa shape index (κ1) is 15.7. The third-order valence-corrected chi connectivity index (χ3v) is 3.84. The van der Waals surface area contributed by atoms with Crippen molar-refractivity contribution in [1.82, 2.24) is 9.78 Å². The number of nitrogens with one attached hydrogen (secondary N) is 1. The second kappa shape index (κ2) is 6.95. The molecule has 0 saturated heterocycles. The highest BCUT2D eigenvalue weighted by atomic mass is 16.6. The maximum atomic E-state index is 10.8. The van der Waals surface area contributed by atoms with E-state index < -0.39 is 0 Å². The number of aromatic nitrogens is 2. The quantitative estimate of drug-likeness (QED) is 0.554. The van der Waals surface area contributed by atoms with Crippen LogP contribution < -0.4 is 5.32 Å². The maximum Gasteiger partial charge on any atom is 0.272 e. The molecule has 0 aliphatic carbocycles. The van der Waals surface area contributed by atoms with Crippen molar-refractivity contribution in [3.8, 4) is 5.69 Å². The molecule has 1 aromatic heterocycles. The Morgan fingerprint density at radius 2 is 2.00 bits per heavy atom. The summed E-state index contributed by atoms with van der Waals surface area (Å²) < 4.78 is 1.82. The summed E-state index contributed by atoms with van der Waals surface area (Å²) in [6.07, 6.45) is 4.53. The zero-order valence-electron chi connectivity index (χ0n) is 13.3. The molecular formula is C18H18N4O2. The van der Waals surface area contributed by atoms with E-state index in [1.54, 1.807) is 25.3 Å². The number of nitrogens with zero attached hydrogens (tertiary/aromatic N) is 3. The summed E-state index contributed by atoms with van der Waals surface area (Å²) in [4.78, 5) is 10.5. The summed E-state index contributed by atoms with van der Waals surface area (Å²) in [6, 6.07) is 15.2. The smallest absolute Gasteiger partial charge is 0.272 e. The lowest BCUT2D eigenvalue weighted by Gasteiger charge is -2.08. The second-order valence-electron chi connectivity index (χ2n) is 5.55. The van der Waals surface area contributed by atoms with Crippen molar-refractivity contribution < 1.29 is 4.92 Å². The van der Waals surface area contributed by atoms with Crippen LogP contribution in [0.15, 0.2) is 60.9 Å². The number of anilines is 1. The van der Waals surface area contributed by atoms with Crippen molar-refractivity contribution in [3.63, 3.8) is 0 Å². The normalized spacial score (nSPS) is 10.5. The van der Waals surface area contributed by atoms with E-state index in [9.17, 15) is 10.1 Å². The van der Waals surface area contributed by atoms with E-state index in [2.05, 4.69) is 22.5 Å². The third kappa shape index (κ3) is 3.60. The Kier molecular flexibility index (Phi) is 4.56. The van der Waals surface area contributed by atoms with Crippen molar-refractivity contribution in [2.75, 3.05) is 11.9 Å². The number of hydrogen-bond acceptors (Lipinski definition) is 4. The van der Waals surface area contributed by atoms with E-state index in [1.807, 2.05) is 29.1 Å². The Morgan fingerprint density at radius 3 is 2.62 bits per heavy atom. The van der Waals surface area contributed by atoms with Crippen LogP contribution in [-0.2, 0) is 6.42 Å². The van der Waals surface area contributed by atoms with E-state index in [4.69, 9.17) is 0 Å². The Hall–Kier alpha value is -3.15. The van der Waals surface area contributed by atoms with Crippen molar-refractivity contribution >= 4 is 11.4 Å². The molecule has 3 rings (SSSR count). The Balaban J connectivity index is 1.56. The Bertz CT molecular complexity index is 827. The zero-order valence-corrected chi connectivity index (χ0v) is 13.3. The van der Waals surface area contributed by atoms with Crippen molar-refractivity contribution in [2.24, 2.45) is 0 Å².